The van der Waals surface area contributed by atoms with Crippen LogP contribution in [-0.4, -0.2) is 17.2 Å². The predicted octanol–water partition coefficient (Wildman–Crippen LogP) is 2.87. The molecular formula is C12H14ClNO. The van der Waals surface area contributed by atoms with Crippen molar-refractivity contribution in [2.45, 2.75) is 13.3 Å². The van der Waals surface area contributed by atoms with Crippen LogP contribution in [0.2, 0.25) is 0 Å². The molecule has 0 N–H and O–H groups in total. The molecule has 1 aromatic carbocycles. The average Bonchev–Trinajstić information content (AvgIpc) is 2.62. The number of hydrogen-bond donors (Lipinski definition) is 0. The van der Waals surface area contributed by atoms with Gasteiger partial charge in [-0.15, -0.1) is 11.6 Å². The summed E-state index contributed by atoms with van der Waals surface area (Å²) in [5, 5.41) is 1.20. The molecule has 15 heavy (non-hydrogen) atoms. The van der Waals surface area contributed by atoms with Crippen LogP contribution in [0.15, 0.2) is 30.5 Å². The van der Waals surface area contributed by atoms with E-state index in [0.29, 0.717) is 12.5 Å². The number of hydrogen-bond acceptors (Lipinski definition) is 1. The first-order valence-electron chi connectivity index (χ1n) is 5.14. The van der Waals surface area contributed by atoms with Gasteiger partial charge in [0, 0.05) is 17.5 Å². The Balaban J connectivity index is 2.38. The number of rotatable bonds is 4. The minimum absolute atomic E-state index is 0.664. The van der Waals surface area contributed by atoms with Crippen LogP contribution < -0.4 is 4.84 Å². The summed E-state index contributed by atoms with van der Waals surface area (Å²) in [6.45, 7) is 2.65. The third kappa shape index (κ3) is 2.10. The van der Waals surface area contributed by atoms with Gasteiger partial charge in [0.15, 0.2) is 0 Å². The van der Waals surface area contributed by atoms with Gasteiger partial charge in [0.2, 0.25) is 0 Å². The molecule has 0 saturated carbocycles. The van der Waals surface area contributed by atoms with E-state index in [4.69, 9.17) is 16.4 Å². The second kappa shape index (κ2) is 4.58. The molecule has 2 rings (SSSR count). The number of aryl methyl sites for hydroxylation is 1. The van der Waals surface area contributed by atoms with E-state index in [0.717, 1.165) is 11.9 Å². The molecule has 0 aliphatic carbocycles. The number of fused-ring (bicyclic) bond motifs is 1. The van der Waals surface area contributed by atoms with Crippen molar-refractivity contribution in [3.8, 4) is 0 Å². The first kappa shape index (κ1) is 10.4. The zero-order valence-corrected chi connectivity index (χ0v) is 9.50. The molecule has 0 bridgehead atoms. The summed E-state index contributed by atoms with van der Waals surface area (Å²) in [6, 6.07) is 8.39. The summed E-state index contributed by atoms with van der Waals surface area (Å²) in [7, 11) is 0. The molecule has 2 aromatic rings. The van der Waals surface area contributed by atoms with Crippen molar-refractivity contribution in [2.75, 3.05) is 12.5 Å². The smallest absolute Gasteiger partial charge is 0.112 e. The molecular weight excluding hydrogens is 210 g/mol. The number of aromatic nitrogens is 1. The summed E-state index contributed by atoms with van der Waals surface area (Å²) in [6.07, 6.45) is 2.86. The highest BCUT2D eigenvalue weighted by Crippen LogP contribution is 2.17. The lowest BCUT2D eigenvalue weighted by molar-refractivity contribution is 0.132. The van der Waals surface area contributed by atoms with E-state index in [-0.39, 0.29) is 0 Å². The zero-order valence-electron chi connectivity index (χ0n) is 8.74. The highest BCUT2D eigenvalue weighted by molar-refractivity contribution is 6.18. The molecule has 1 aromatic heterocycles. The van der Waals surface area contributed by atoms with E-state index in [1.165, 1.54) is 10.9 Å². The van der Waals surface area contributed by atoms with Gasteiger partial charge in [-0.05, 0) is 37.1 Å². The van der Waals surface area contributed by atoms with Crippen LogP contribution in [0.25, 0.3) is 10.9 Å². The van der Waals surface area contributed by atoms with Crippen LogP contribution in [-0.2, 0) is 6.42 Å². The summed E-state index contributed by atoms with van der Waals surface area (Å²) in [5.74, 6) is 0.664. The molecule has 80 valence electrons. The van der Waals surface area contributed by atoms with Crippen molar-refractivity contribution < 1.29 is 4.84 Å². The van der Waals surface area contributed by atoms with E-state index in [9.17, 15) is 0 Å². The van der Waals surface area contributed by atoms with Crippen LogP contribution in [0, 0.1) is 0 Å². The van der Waals surface area contributed by atoms with Crippen molar-refractivity contribution in [2.24, 2.45) is 0 Å². The fourth-order valence-electron chi connectivity index (χ4n) is 1.68. The lowest BCUT2D eigenvalue weighted by Gasteiger charge is -2.05. The third-order valence-electron chi connectivity index (χ3n) is 2.37. The Morgan fingerprint density at radius 3 is 2.93 bits per heavy atom. The van der Waals surface area contributed by atoms with Gasteiger partial charge >= 0.3 is 0 Å². The Morgan fingerprint density at radius 2 is 2.20 bits per heavy atom. The fraction of sp³-hybridized carbons (Fsp3) is 0.333. The first-order chi connectivity index (χ1) is 7.35. The lowest BCUT2D eigenvalue weighted by atomic mass is 10.1. The summed E-state index contributed by atoms with van der Waals surface area (Å²) in [4.78, 5) is 5.45. The van der Waals surface area contributed by atoms with E-state index in [2.05, 4.69) is 24.3 Å². The van der Waals surface area contributed by atoms with E-state index >= 15 is 0 Å². The minimum atomic E-state index is 0.664. The van der Waals surface area contributed by atoms with Gasteiger partial charge in [-0.25, -0.2) is 0 Å². The van der Waals surface area contributed by atoms with Crippen LogP contribution in [0.3, 0.4) is 0 Å². The molecule has 1 heterocycles. The van der Waals surface area contributed by atoms with Crippen LogP contribution >= 0.6 is 11.6 Å². The molecule has 0 atom stereocenters. The summed E-state index contributed by atoms with van der Waals surface area (Å²) in [5.41, 5.74) is 2.38. The Morgan fingerprint density at radius 1 is 1.33 bits per heavy atom. The van der Waals surface area contributed by atoms with Crippen molar-refractivity contribution in [3.05, 3.63) is 36.0 Å². The van der Waals surface area contributed by atoms with Crippen molar-refractivity contribution in [3.63, 3.8) is 0 Å². The molecule has 0 fully saturated rings. The molecule has 0 aliphatic rings. The fourth-order valence-corrected chi connectivity index (χ4v) is 1.90. The van der Waals surface area contributed by atoms with Crippen molar-refractivity contribution in [1.82, 2.24) is 4.73 Å². The number of halogens is 1. The molecule has 2 nitrogen and oxygen atoms in total. The van der Waals surface area contributed by atoms with Gasteiger partial charge in [-0.2, -0.15) is 4.73 Å². The van der Waals surface area contributed by atoms with E-state index in [1.54, 1.807) is 4.73 Å². The molecule has 0 radical (unpaired) electrons. The van der Waals surface area contributed by atoms with Crippen molar-refractivity contribution in [1.29, 1.82) is 0 Å². The number of nitrogens with zero attached hydrogens (tertiary/aromatic N) is 1. The van der Waals surface area contributed by atoms with Crippen molar-refractivity contribution >= 4 is 22.5 Å². The Bertz CT molecular complexity index is 450. The second-order valence-corrected chi connectivity index (χ2v) is 3.77. The minimum Gasteiger partial charge on any atom is -0.414 e. The topological polar surface area (TPSA) is 14.2 Å². The van der Waals surface area contributed by atoms with E-state index < -0.39 is 0 Å². The maximum atomic E-state index is 5.71. The Labute approximate surface area is 94.4 Å². The Hall–Kier alpha value is -1.15. The van der Waals surface area contributed by atoms with Gasteiger partial charge in [-0.3, -0.25) is 0 Å². The van der Waals surface area contributed by atoms with Gasteiger partial charge in [-0.1, -0.05) is 6.07 Å². The lowest BCUT2D eigenvalue weighted by Crippen LogP contribution is -2.08. The molecule has 0 amide bonds. The molecule has 0 spiro atoms. The predicted molar refractivity (Wildman–Crippen MR) is 63.5 cm³/mol. The maximum Gasteiger partial charge on any atom is 0.112 e. The highest BCUT2D eigenvalue weighted by Gasteiger charge is 2.01. The SMILES string of the molecule is CCOn1ccc2cc(CCCl)ccc21. The average molecular weight is 224 g/mol. The van der Waals surface area contributed by atoms with Crippen LogP contribution in [0.1, 0.15) is 12.5 Å². The molecule has 0 aliphatic heterocycles. The number of alkyl halides is 1. The first-order valence-corrected chi connectivity index (χ1v) is 5.68. The highest BCUT2D eigenvalue weighted by atomic mass is 35.5. The summed E-state index contributed by atoms with van der Waals surface area (Å²) >= 11 is 5.71. The quantitative estimate of drug-likeness (QED) is 0.727. The van der Waals surface area contributed by atoms with Gasteiger partial charge in [0.25, 0.3) is 0 Å². The van der Waals surface area contributed by atoms with Gasteiger partial charge in [0.05, 0.1) is 5.52 Å². The molecule has 0 saturated heterocycles. The van der Waals surface area contributed by atoms with Gasteiger partial charge < -0.3 is 4.84 Å². The monoisotopic (exact) mass is 223 g/mol. The van der Waals surface area contributed by atoms with Crippen LogP contribution in [0.5, 0.6) is 0 Å². The molecule has 3 heteroatoms. The second-order valence-electron chi connectivity index (χ2n) is 3.39. The third-order valence-corrected chi connectivity index (χ3v) is 2.56. The summed E-state index contributed by atoms with van der Waals surface area (Å²) < 4.78 is 1.81. The maximum absolute atomic E-state index is 5.71. The largest absolute Gasteiger partial charge is 0.414 e. The number of benzene rings is 1. The van der Waals surface area contributed by atoms with Crippen LogP contribution in [0.4, 0.5) is 0 Å². The zero-order chi connectivity index (χ0) is 10.7. The van der Waals surface area contributed by atoms with E-state index in [1.807, 2.05) is 13.1 Å². The molecule has 0 unspecified atom stereocenters. The standard InChI is InChI=1S/C12H14ClNO/c1-2-15-14-8-6-11-9-10(5-7-13)3-4-12(11)14/h3-4,6,8-9H,2,5,7H2,1H3. The Kier molecular flexibility index (Phi) is 3.17. The van der Waals surface area contributed by atoms with Gasteiger partial charge in [0.1, 0.15) is 6.61 Å². The normalized spacial score (nSPS) is 10.8.